The molecule has 0 aliphatic rings. The van der Waals surface area contributed by atoms with Crippen molar-refractivity contribution in [2.75, 3.05) is 0 Å². The lowest BCUT2D eigenvalue weighted by atomic mass is 9.98. The van der Waals surface area contributed by atoms with E-state index in [0.29, 0.717) is 17.5 Å². The zero-order chi connectivity index (χ0) is 25.8. The molecule has 4 nitrogen and oxygen atoms in total. The van der Waals surface area contributed by atoms with E-state index in [1.54, 1.807) is 11.3 Å². The fourth-order valence-corrected chi connectivity index (χ4v) is 6.45. The lowest BCUT2D eigenvalue weighted by Gasteiger charge is -2.13. The number of hydrogen-bond donors (Lipinski definition) is 0. The number of nitrogens with zero attached hydrogens (tertiary/aromatic N) is 4. The molecule has 0 fully saturated rings. The lowest BCUT2D eigenvalue weighted by molar-refractivity contribution is 1.07. The summed E-state index contributed by atoms with van der Waals surface area (Å²) >= 11 is 1.80. The summed E-state index contributed by atoms with van der Waals surface area (Å²) in [5, 5.41) is 5.77. The van der Waals surface area contributed by atoms with Crippen LogP contribution in [-0.4, -0.2) is 19.9 Å². The second-order valence-electron chi connectivity index (χ2n) is 9.48. The van der Waals surface area contributed by atoms with Crippen LogP contribution in [0, 0.1) is 0 Å². The van der Waals surface area contributed by atoms with Gasteiger partial charge in [0.15, 0.2) is 17.5 Å². The van der Waals surface area contributed by atoms with Crippen LogP contribution in [0.4, 0.5) is 0 Å². The van der Waals surface area contributed by atoms with Gasteiger partial charge in [0.2, 0.25) is 0 Å². The summed E-state index contributed by atoms with van der Waals surface area (Å²) in [5.41, 5.74) is 3.57. The van der Waals surface area contributed by atoms with Crippen molar-refractivity contribution in [1.29, 1.82) is 0 Å². The summed E-state index contributed by atoms with van der Waals surface area (Å²) in [7, 11) is 0. The molecule has 0 unspecified atom stereocenters. The molecule has 0 atom stereocenters. The number of aromatic nitrogens is 4. The molecule has 0 N–H and O–H groups in total. The topological polar surface area (TPSA) is 51.6 Å². The van der Waals surface area contributed by atoms with Gasteiger partial charge < -0.3 is 0 Å². The number of benzene rings is 5. The number of rotatable bonds is 3. The number of fused-ring (bicyclic) bond motifs is 7. The van der Waals surface area contributed by atoms with Gasteiger partial charge in [0.25, 0.3) is 0 Å². The van der Waals surface area contributed by atoms with E-state index in [2.05, 4.69) is 54.6 Å². The van der Waals surface area contributed by atoms with Gasteiger partial charge in [-0.2, -0.15) is 0 Å². The van der Waals surface area contributed by atoms with Crippen LogP contribution in [-0.2, 0) is 0 Å². The van der Waals surface area contributed by atoms with Gasteiger partial charge in [-0.1, -0.05) is 103 Å². The highest BCUT2D eigenvalue weighted by atomic mass is 32.1. The highest BCUT2D eigenvalue weighted by Crippen LogP contribution is 2.43. The normalized spacial score (nSPS) is 11.6. The fraction of sp³-hybridized carbons (Fsp3) is 0. The molecule has 0 saturated carbocycles. The number of hydrogen-bond acceptors (Lipinski definition) is 5. The molecule has 0 saturated heterocycles. The van der Waals surface area contributed by atoms with E-state index < -0.39 is 0 Å². The van der Waals surface area contributed by atoms with Crippen LogP contribution < -0.4 is 0 Å². The third kappa shape index (κ3) is 3.59. The second kappa shape index (κ2) is 8.79. The lowest BCUT2D eigenvalue weighted by Crippen LogP contribution is -2.02. The van der Waals surface area contributed by atoms with Crippen molar-refractivity contribution in [2.45, 2.75) is 0 Å². The molecule has 3 heterocycles. The van der Waals surface area contributed by atoms with E-state index in [4.69, 9.17) is 19.9 Å². The van der Waals surface area contributed by atoms with E-state index in [1.165, 1.54) is 20.2 Å². The Morgan fingerprint density at radius 1 is 0.385 bits per heavy atom. The Labute approximate surface area is 228 Å². The van der Waals surface area contributed by atoms with Crippen LogP contribution in [0.15, 0.2) is 121 Å². The predicted molar refractivity (Wildman–Crippen MR) is 162 cm³/mol. The molecule has 182 valence electrons. The zero-order valence-corrected chi connectivity index (χ0v) is 21.6. The van der Waals surface area contributed by atoms with Crippen LogP contribution in [0.1, 0.15) is 0 Å². The van der Waals surface area contributed by atoms with Gasteiger partial charge in [-0.25, -0.2) is 19.9 Å². The first-order chi connectivity index (χ1) is 19.3. The standard InChI is InChI=1S/C34H20N4S/c1-3-11-21(12-4-1)32-36-33(22-13-5-2-6-14-22)38-34(37-32)31-30-24(23-15-7-9-17-26(23)35-31)19-20-28-29(30)25-16-8-10-18-27(25)39-28/h1-20H. The monoisotopic (exact) mass is 516 g/mol. The largest absolute Gasteiger partial charge is 0.244 e. The Balaban J connectivity index is 1.54. The van der Waals surface area contributed by atoms with Gasteiger partial charge in [-0.05, 0) is 23.6 Å². The van der Waals surface area contributed by atoms with Crippen molar-refractivity contribution < 1.29 is 0 Å². The summed E-state index contributed by atoms with van der Waals surface area (Å²) in [5.74, 6) is 1.83. The third-order valence-electron chi connectivity index (χ3n) is 7.12. The Bertz CT molecular complexity index is 2110. The van der Waals surface area contributed by atoms with Gasteiger partial charge in [-0.15, -0.1) is 11.3 Å². The Morgan fingerprint density at radius 3 is 1.69 bits per heavy atom. The number of pyridine rings is 1. The molecule has 0 radical (unpaired) electrons. The SMILES string of the molecule is c1ccc(-c2nc(-c3ccccc3)nc(-c3nc4ccccc4c4ccc5sc6ccccc6c5c34)n2)cc1. The van der Waals surface area contributed by atoms with Crippen molar-refractivity contribution in [1.82, 2.24) is 19.9 Å². The van der Waals surface area contributed by atoms with Crippen molar-refractivity contribution in [3.8, 4) is 34.3 Å². The van der Waals surface area contributed by atoms with Crippen LogP contribution >= 0.6 is 11.3 Å². The smallest absolute Gasteiger partial charge is 0.183 e. The van der Waals surface area contributed by atoms with E-state index in [0.717, 1.165) is 38.5 Å². The predicted octanol–water partition coefficient (Wildman–Crippen LogP) is 8.94. The Kier molecular flexibility index (Phi) is 4.96. The molecule has 0 aliphatic heterocycles. The maximum Gasteiger partial charge on any atom is 0.183 e. The summed E-state index contributed by atoms with van der Waals surface area (Å²) in [6.45, 7) is 0. The van der Waals surface area contributed by atoms with E-state index in [-0.39, 0.29) is 0 Å². The van der Waals surface area contributed by atoms with Gasteiger partial charge >= 0.3 is 0 Å². The fourth-order valence-electron chi connectivity index (χ4n) is 5.34. The summed E-state index contributed by atoms with van der Waals surface area (Å²) in [6.07, 6.45) is 0. The highest BCUT2D eigenvalue weighted by molar-refractivity contribution is 7.26. The molecule has 39 heavy (non-hydrogen) atoms. The van der Waals surface area contributed by atoms with Gasteiger partial charge in [0.1, 0.15) is 5.69 Å². The molecule has 5 heteroatoms. The van der Waals surface area contributed by atoms with Crippen molar-refractivity contribution in [3.63, 3.8) is 0 Å². The third-order valence-corrected chi connectivity index (χ3v) is 8.25. The molecular weight excluding hydrogens is 496 g/mol. The van der Waals surface area contributed by atoms with Gasteiger partial charge in [-0.3, -0.25) is 0 Å². The average molecular weight is 517 g/mol. The molecule has 0 amide bonds. The first kappa shape index (κ1) is 22.0. The van der Waals surface area contributed by atoms with Gasteiger partial charge in [0.05, 0.1) is 5.52 Å². The molecule has 8 aromatic rings. The summed E-state index contributed by atoms with van der Waals surface area (Å²) in [4.78, 5) is 20.2. The van der Waals surface area contributed by atoms with Crippen molar-refractivity contribution in [3.05, 3.63) is 121 Å². The maximum absolute atomic E-state index is 5.23. The second-order valence-corrected chi connectivity index (χ2v) is 10.6. The molecule has 0 aliphatic carbocycles. The van der Waals surface area contributed by atoms with Crippen LogP contribution in [0.2, 0.25) is 0 Å². The highest BCUT2D eigenvalue weighted by Gasteiger charge is 2.20. The minimum atomic E-state index is 0.571. The number of thiophene rings is 1. The minimum absolute atomic E-state index is 0.571. The molecule has 3 aromatic heterocycles. The van der Waals surface area contributed by atoms with Crippen molar-refractivity contribution in [2.24, 2.45) is 0 Å². The first-order valence-electron chi connectivity index (χ1n) is 12.8. The van der Waals surface area contributed by atoms with E-state index in [1.807, 2.05) is 66.7 Å². The first-order valence-corrected chi connectivity index (χ1v) is 13.7. The molecule has 0 bridgehead atoms. The molecular formula is C34H20N4S. The average Bonchev–Trinajstić information content (AvgIpc) is 3.40. The van der Waals surface area contributed by atoms with E-state index in [9.17, 15) is 0 Å². The summed E-state index contributed by atoms with van der Waals surface area (Å²) in [6, 6.07) is 41.5. The van der Waals surface area contributed by atoms with Crippen LogP contribution in [0.3, 0.4) is 0 Å². The van der Waals surface area contributed by atoms with Crippen LogP contribution in [0.25, 0.3) is 76.1 Å². The molecule has 0 spiro atoms. The maximum atomic E-state index is 5.23. The summed E-state index contributed by atoms with van der Waals surface area (Å²) < 4.78 is 2.48. The number of para-hydroxylation sites is 1. The van der Waals surface area contributed by atoms with Gasteiger partial charge in [0, 0.05) is 42.1 Å². The minimum Gasteiger partial charge on any atom is -0.244 e. The van der Waals surface area contributed by atoms with E-state index >= 15 is 0 Å². The molecule has 5 aromatic carbocycles. The zero-order valence-electron chi connectivity index (χ0n) is 20.7. The Morgan fingerprint density at radius 2 is 0.974 bits per heavy atom. The molecule has 8 rings (SSSR count). The van der Waals surface area contributed by atoms with Crippen molar-refractivity contribution >= 4 is 53.2 Å². The quantitative estimate of drug-likeness (QED) is 0.220. The Hall–Kier alpha value is -5.00. The van der Waals surface area contributed by atoms with Crippen LogP contribution in [0.5, 0.6) is 0 Å².